The molecule has 2 N–H and O–H groups in total. The van der Waals surface area contributed by atoms with Crippen molar-refractivity contribution < 1.29 is 0 Å². The molecule has 1 aliphatic heterocycles. The Morgan fingerprint density at radius 3 is 2.45 bits per heavy atom. The Bertz CT molecular complexity index is 362. The third-order valence-electron chi connectivity index (χ3n) is 5.52. The molecule has 2 aliphatic carbocycles. The molecule has 0 spiro atoms. The first-order valence-corrected chi connectivity index (χ1v) is 8.96. The maximum atomic E-state index is 4.41. The van der Waals surface area contributed by atoms with Gasteiger partial charge in [0.25, 0.3) is 0 Å². The largest absolute Gasteiger partial charge is 0.356 e. The molecule has 0 amide bonds. The van der Waals surface area contributed by atoms with Crippen molar-refractivity contribution in [3.8, 4) is 0 Å². The number of hydrogen-bond donors (Lipinski definition) is 2. The van der Waals surface area contributed by atoms with Crippen molar-refractivity contribution in [3.05, 3.63) is 0 Å². The molecule has 0 aromatic rings. The number of halogens is 1. The molecule has 1 atom stereocenters. The number of nitrogens with zero attached hydrogens (tertiary/aromatic N) is 2. The molecule has 5 heteroatoms. The fourth-order valence-corrected chi connectivity index (χ4v) is 3.83. The maximum absolute atomic E-state index is 4.41. The van der Waals surface area contributed by atoms with E-state index in [1.54, 1.807) is 0 Å². The summed E-state index contributed by atoms with van der Waals surface area (Å²) in [5, 5.41) is 7.18. The Morgan fingerprint density at radius 1 is 1.09 bits per heavy atom. The van der Waals surface area contributed by atoms with Crippen LogP contribution in [0.15, 0.2) is 4.99 Å². The molecule has 4 nitrogen and oxygen atoms in total. The van der Waals surface area contributed by atoms with Gasteiger partial charge in [-0.25, -0.2) is 0 Å². The van der Waals surface area contributed by atoms with Crippen LogP contribution >= 0.6 is 24.0 Å². The average Bonchev–Trinajstić information content (AvgIpc) is 3.25. The summed E-state index contributed by atoms with van der Waals surface area (Å²) in [6.45, 7) is 6.04. The van der Waals surface area contributed by atoms with Gasteiger partial charge in [-0.05, 0) is 63.3 Å². The van der Waals surface area contributed by atoms with Crippen molar-refractivity contribution in [2.45, 2.75) is 64.0 Å². The summed E-state index contributed by atoms with van der Waals surface area (Å²) in [5.41, 5.74) is 0. The van der Waals surface area contributed by atoms with Gasteiger partial charge in [-0.3, -0.25) is 4.99 Å². The number of nitrogens with one attached hydrogen (secondary N) is 2. The molecule has 0 aromatic carbocycles. The van der Waals surface area contributed by atoms with Gasteiger partial charge >= 0.3 is 0 Å². The molecule has 2 saturated carbocycles. The lowest BCUT2D eigenvalue weighted by Gasteiger charge is -2.28. The molecule has 1 unspecified atom stereocenters. The summed E-state index contributed by atoms with van der Waals surface area (Å²) in [6, 6.07) is 1.55. The van der Waals surface area contributed by atoms with Crippen molar-refractivity contribution in [3.63, 3.8) is 0 Å². The summed E-state index contributed by atoms with van der Waals surface area (Å²) in [7, 11) is 1.89. The molecule has 0 radical (unpaired) electrons. The van der Waals surface area contributed by atoms with Crippen molar-refractivity contribution in [2.24, 2.45) is 16.8 Å². The summed E-state index contributed by atoms with van der Waals surface area (Å²) in [6.07, 6.45) is 9.51. The topological polar surface area (TPSA) is 39.7 Å². The van der Waals surface area contributed by atoms with Gasteiger partial charge in [-0.2, -0.15) is 0 Å². The molecule has 0 bridgehead atoms. The quantitative estimate of drug-likeness (QED) is 0.418. The van der Waals surface area contributed by atoms with Gasteiger partial charge in [0.05, 0.1) is 0 Å². The number of hydrogen-bond acceptors (Lipinski definition) is 2. The highest BCUT2D eigenvalue weighted by Gasteiger charge is 2.34. The molecule has 3 fully saturated rings. The van der Waals surface area contributed by atoms with E-state index >= 15 is 0 Å². The minimum Gasteiger partial charge on any atom is -0.356 e. The second-order valence-corrected chi connectivity index (χ2v) is 7.44. The SMILES string of the molecule is CN=C(NCC1CCN(C2CC2)C1)NC1CCC(C)CC1.I. The molecule has 3 aliphatic rings. The van der Waals surface area contributed by atoms with E-state index in [4.69, 9.17) is 0 Å². The van der Waals surface area contributed by atoms with E-state index in [1.165, 1.54) is 58.0 Å². The van der Waals surface area contributed by atoms with Crippen molar-refractivity contribution in [2.75, 3.05) is 26.7 Å². The number of rotatable bonds is 4. The fourth-order valence-electron chi connectivity index (χ4n) is 3.83. The summed E-state index contributed by atoms with van der Waals surface area (Å²) in [5.74, 6) is 2.72. The van der Waals surface area contributed by atoms with E-state index in [0.29, 0.717) is 6.04 Å². The Labute approximate surface area is 152 Å². The van der Waals surface area contributed by atoms with Gasteiger partial charge in [0, 0.05) is 32.2 Å². The molecule has 128 valence electrons. The Morgan fingerprint density at radius 2 is 1.82 bits per heavy atom. The van der Waals surface area contributed by atoms with E-state index in [2.05, 4.69) is 27.4 Å². The standard InChI is InChI=1S/C17H32N4.HI/c1-13-3-5-15(6-4-13)20-17(18-2)19-11-14-9-10-21(12-14)16-7-8-16;/h13-16H,3-12H2,1-2H3,(H2,18,19,20);1H. The Balaban J connectivity index is 0.00000176. The van der Waals surface area contributed by atoms with Crippen LogP contribution in [0.4, 0.5) is 0 Å². The molecule has 22 heavy (non-hydrogen) atoms. The van der Waals surface area contributed by atoms with Crippen molar-refractivity contribution in [1.29, 1.82) is 0 Å². The lowest BCUT2D eigenvalue weighted by molar-refractivity contribution is 0.313. The van der Waals surface area contributed by atoms with E-state index in [-0.39, 0.29) is 24.0 Å². The van der Waals surface area contributed by atoms with Gasteiger partial charge in [0.1, 0.15) is 0 Å². The highest BCUT2D eigenvalue weighted by molar-refractivity contribution is 14.0. The monoisotopic (exact) mass is 420 g/mol. The molecular formula is C17H33IN4. The third-order valence-corrected chi connectivity index (χ3v) is 5.52. The van der Waals surface area contributed by atoms with Crippen LogP contribution in [0.2, 0.25) is 0 Å². The zero-order chi connectivity index (χ0) is 14.7. The van der Waals surface area contributed by atoms with E-state index in [9.17, 15) is 0 Å². The molecule has 1 saturated heterocycles. The van der Waals surface area contributed by atoms with Crippen LogP contribution in [0.25, 0.3) is 0 Å². The second kappa shape index (κ2) is 8.71. The lowest BCUT2D eigenvalue weighted by Crippen LogP contribution is -2.46. The first-order valence-electron chi connectivity index (χ1n) is 8.96. The second-order valence-electron chi connectivity index (χ2n) is 7.44. The minimum absolute atomic E-state index is 0. The Kier molecular flexibility index (Phi) is 7.25. The van der Waals surface area contributed by atoms with E-state index < -0.39 is 0 Å². The Hall–Kier alpha value is -0.0400. The smallest absolute Gasteiger partial charge is 0.191 e. The predicted molar refractivity (Wildman–Crippen MR) is 104 cm³/mol. The maximum Gasteiger partial charge on any atom is 0.191 e. The fraction of sp³-hybridized carbons (Fsp3) is 0.941. The first kappa shape index (κ1) is 18.3. The average molecular weight is 420 g/mol. The van der Waals surface area contributed by atoms with Gasteiger partial charge in [0.2, 0.25) is 0 Å². The molecular weight excluding hydrogens is 387 g/mol. The minimum atomic E-state index is 0. The summed E-state index contributed by atoms with van der Waals surface area (Å²) in [4.78, 5) is 7.10. The third kappa shape index (κ3) is 5.25. The molecule has 0 aromatic heterocycles. The summed E-state index contributed by atoms with van der Waals surface area (Å²) >= 11 is 0. The normalized spacial score (nSPS) is 33.4. The van der Waals surface area contributed by atoms with E-state index in [0.717, 1.165) is 30.4 Å². The van der Waals surface area contributed by atoms with Gasteiger partial charge in [-0.1, -0.05) is 6.92 Å². The van der Waals surface area contributed by atoms with Crippen LogP contribution in [0.3, 0.4) is 0 Å². The zero-order valence-corrected chi connectivity index (χ0v) is 16.5. The van der Waals surface area contributed by atoms with Crippen molar-refractivity contribution in [1.82, 2.24) is 15.5 Å². The highest BCUT2D eigenvalue weighted by Crippen LogP contribution is 2.31. The van der Waals surface area contributed by atoms with Crippen LogP contribution in [0.1, 0.15) is 51.9 Å². The molecule has 1 heterocycles. The molecule has 3 rings (SSSR count). The number of guanidine groups is 1. The highest BCUT2D eigenvalue weighted by atomic mass is 127. The lowest BCUT2D eigenvalue weighted by atomic mass is 9.87. The first-order chi connectivity index (χ1) is 10.2. The summed E-state index contributed by atoms with van der Waals surface area (Å²) < 4.78 is 0. The predicted octanol–water partition coefficient (Wildman–Crippen LogP) is 2.83. The van der Waals surface area contributed by atoms with Crippen LogP contribution in [0.5, 0.6) is 0 Å². The van der Waals surface area contributed by atoms with Crippen LogP contribution in [-0.2, 0) is 0 Å². The number of likely N-dealkylation sites (tertiary alicyclic amines) is 1. The van der Waals surface area contributed by atoms with Crippen molar-refractivity contribution >= 4 is 29.9 Å². The van der Waals surface area contributed by atoms with Crippen LogP contribution in [-0.4, -0.2) is 49.6 Å². The van der Waals surface area contributed by atoms with Gasteiger partial charge < -0.3 is 15.5 Å². The zero-order valence-electron chi connectivity index (χ0n) is 14.2. The van der Waals surface area contributed by atoms with Gasteiger partial charge in [-0.15, -0.1) is 24.0 Å². The van der Waals surface area contributed by atoms with Gasteiger partial charge in [0.15, 0.2) is 5.96 Å². The number of aliphatic imine (C=N–C) groups is 1. The van der Waals surface area contributed by atoms with E-state index in [1.807, 2.05) is 7.05 Å². The van der Waals surface area contributed by atoms with Crippen LogP contribution in [0, 0.1) is 11.8 Å². The van der Waals surface area contributed by atoms with Crippen LogP contribution < -0.4 is 10.6 Å².